The molecule has 0 fully saturated rings. The molecular weight excluding hydrogens is 166 g/mol. The van der Waals surface area contributed by atoms with E-state index in [1.165, 1.54) is 0 Å². The predicted octanol–water partition coefficient (Wildman–Crippen LogP) is 1.41. The second kappa shape index (κ2) is 11.9. The quantitative estimate of drug-likeness (QED) is 0.570. The van der Waals surface area contributed by atoms with Crippen LogP contribution in [0, 0.1) is 0 Å². The third-order valence-electron chi connectivity index (χ3n) is 1.47. The highest BCUT2D eigenvalue weighted by molar-refractivity contribution is 4.57. The smallest absolute Gasteiger partial charge is 0.0897 e. The maximum atomic E-state index is 9.31. The molecule has 1 unspecified atom stereocenters. The molecule has 13 heavy (non-hydrogen) atoms. The van der Waals surface area contributed by atoms with E-state index in [1.54, 1.807) is 0 Å². The molecule has 0 rings (SSSR count). The van der Waals surface area contributed by atoms with Crippen LogP contribution in [0.1, 0.15) is 34.1 Å². The van der Waals surface area contributed by atoms with Gasteiger partial charge in [0.05, 0.1) is 12.7 Å². The van der Waals surface area contributed by atoms with E-state index in [0.717, 1.165) is 26.0 Å². The molecule has 0 radical (unpaired) electrons. The molecular formula is C10H25NO2. The van der Waals surface area contributed by atoms with Crippen LogP contribution < -0.4 is 5.32 Å². The Kier molecular flexibility index (Phi) is 14.0. The summed E-state index contributed by atoms with van der Waals surface area (Å²) in [5.41, 5.74) is 0. The van der Waals surface area contributed by atoms with Crippen molar-refractivity contribution in [2.24, 2.45) is 0 Å². The van der Waals surface area contributed by atoms with Crippen molar-refractivity contribution in [2.75, 3.05) is 26.3 Å². The Labute approximate surface area is 82.5 Å². The Morgan fingerprint density at radius 3 is 2.54 bits per heavy atom. The van der Waals surface area contributed by atoms with Gasteiger partial charge in [-0.05, 0) is 19.4 Å². The number of hydrogen-bond donors (Lipinski definition) is 2. The number of aliphatic hydroxyl groups excluding tert-OH is 1. The standard InChI is InChI=1S/C9H21NO2.CH4/c1-3-5-10-7-9(11)8-12-6-4-2;/h9-11H,3-8H2,1-2H3;1H4. The average Bonchev–Trinajstić information content (AvgIpc) is 2.06. The number of ether oxygens (including phenoxy) is 1. The number of rotatable bonds is 8. The van der Waals surface area contributed by atoms with E-state index >= 15 is 0 Å². The van der Waals surface area contributed by atoms with Gasteiger partial charge in [0.2, 0.25) is 0 Å². The highest BCUT2D eigenvalue weighted by atomic mass is 16.5. The summed E-state index contributed by atoms with van der Waals surface area (Å²) in [7, 11) is 0. The number of nitrogens with one attached hydrogen (secondary N) is 1. The zero-order valence-electron chi connectivity index (χ0n) is 8.18. The van der Waals surface area contributed by atoms with Gasteiger partial charge in [-0.15, -0.1) is 0 Å². The van der Waals surface area contributed by atoms with Gasteiger partial charge in [0.1, 0.15) is 0 Å². The van der Waals surface area contributed by atoms with Crippen LogP contribution in [0.15, 0.2) is 0 Å². The number of hydrogen-bond acceptors (Lipinski definition) is 3. The summed E-state index contributed by atoms with van der Waals surface area (Å²) in [6, 6.07) is 0. The zero-order chi connectivity index (χ0) is 9.23. The first kappa shape index (κ1) is 15.4. The lowest BCUT2D eigenvalue weighted by Crippen LogP contribution is -2.30. The lowest BCUT2D eigenvalue weighted by molar-refractivity contribution is 0.0375. The van der Waals surface area contributed by atoms with Crippen molar-refractivity contribution in [1.29, 1.82) is 0 Å². The van der Waals surface area contributed by atoms with Crippen LogP contribution in [0.5, 0.6) is 0 Å². The minimum atomic E-state index is -0.358. The molecule has 0 aliphatic carbocycles. The van der Waals surface area contributed by atoms with E-state index in [1.807, 2.05) is 0 Å². The third kappa shape index (κ3) is 11.9. The van der Waals surface area contributed by atoms with E-state index in [9.17, 15) is 5.11 Å². The van der Waals surface area contributed by atoms with Gasteiger partial charge < -0.3 is 15.2 Å². The minimum Gasteiger partial charge on any atom is -0.389 e. The molecule has 0 aromatic rings. The van der Waals surface area contributed by atoms with Crippen LogP contribution in [0.3, 0.4) is 0 Å². The van der Waals surface area contributed by atoms with Crippen LogP contribution in [0.2, 0.25) is 0 Å². The normalized spacial score (nSPS) is 12.2. The van der Waals surface area contributed by atoms with Crippen molar-refractivity contribution >= 4 is 0 Å². The molecule has 0 saturated heterocycles. The molecule has 0 aromatic heterocycles. The van der Waals surface area contributed by atoms with Gasteiger partial charge in [0.25, 0.3) is 0 Å². The van der Waals surface area contributed by atoms with E-state index in [0.29, 0.717) is 13.2 Å². The third-order valence-corrected chi connectivity index (χ3v) is 1.47. The average molecular weight is 191 g/mol. The minimum absolute atomic E-state index is 0. The van der Waals surface area contributed by atoms with E-state index in [-0.39, 0.29) is 13.5 Å². The summed E-state index contributed by atoms with van der Waals surface area (Å²) in [5.74, 6) is 0. The van der Waals surface area contributed by atoms with Gasteiger partial charge in [-0.3, -0.25) is 0 Å². The van der Waals surface area contributed by atoms with Gasteiger partial charge in [-0.25, -0.2) is 0 Å². The molecule has 0 aliphatic rings. The molecule has 0 aliphatic heterocycles. The van der Waals surface area contributed by atoms with E-state index in [4.69, 9.17) is 4.74 Å². The second-order valence-corrected chi connectivity index (χ2v) is 2.93. The highest BCUT2D eigenvalue weighted by Crippen LogP contribution is 1.86. The van der Waals surface area contributed by atoms with E-state index in [2.05, 4.69) is 19.2 Å². The Hall–Kier alpha value is -0.120. The molecule has 0 heterocycles. The Bertz CT molecular complexity index is 79.0. The van der Waals surface area contributed by atoms with Crippen molar-refractivity contribution in [1.82, 2.24) is 5.32 Å². The van der Waals surface area contributed by atoms with Gasteiger partial charge >= 0.3 is 0 Å². The second-order valence-electron chi connectivity index (χ2n) is 2.93. The first-order chi connectivity index (χ1) is 5.81. The summed E-state index contributed by atoms with van der Waals surface area (Å²) in [6.07, 6.45) is 1.75. The molecule has 0 saturated carbocycles. The molecule has 2 N–H and O–H groups in total. The molecule has 3 nitrogen and oxygen atoms in total. The Morgan fingerprint density at radius 2 is 2.00 bits per heavy atom. The van der Waals surface area contributed by atoms with Crippen LogP contribution in [0.4, 0.5) is 0 Å². The molecule has 1 atom stereocenters. The van der Waals surface area contributed by atoms with Gasteiger partial charge in [0.15, 0.2) is 0 Å². The summed E-state index contributed by atoms with van der Waals surface area (Å²) in [4.78, 5) is 0. The number of aliphatic hydroxyl groups is 1. The van der Waals surface area contributed by atoms with Gasteiger partial charge in [0, 0.05) is 13.2 Å². The molecule has 3 heteroatoms. The monoisotopic (exact) mass is 191 g/mol. The maximum Gasteiger partial charge on any atom is 0.0897 e. The van der Waals surface area contributed by atoms with Crippen molar-refractivity contribution < 1.29 is 9.84 Å². The predicted molar refractivity (Wildman–Crippen MR) is 57.0 cm³/mol. The molecule has 0 amide bonds. The fourth-order valence-electron chi connectivity index (χ4n) is 0.868. The maximum absolute atomic E-state index is 9.31. The van der Waals surface area contributed by atoms with Crippen LogP contribution in [0.25, 0.3) is 0 Å². The molecule has 0 aromatic carbocycles. The molecule has 0 bridgehead atoms. The largest absolute Gasteiger partial charge is 0.389 e. The van der Waals surface area contributed by atoms with E-state index < -0.39 is 0 Å². The lowest BCUT2D eigenvalue weighted by Gasteiger charge is -2.11. The van der Waals surface area contributed by atoms with Gasteiger partial charge in [-0.1, -0.05) is 21.3 Å². The zero-order valence-corrected chi connectivity index (χ0v) is 8.18. The summed E-state index contributed by atoms with van der Waals surface area (Å²) in [5, 5.41) is 12.4. The van der Waals surface area contributed by atoms with Crippen molar-refractivity contribution in [3.05, 3.63) is 0 Å². The first-order valence-electron chi connectivity index (χ1n) is 4.77. The molecule has 0 spiro atoms. The van der Waals surface area contributed by atoms with Crippen molar-refractivity contribution in [3.63, 3.8) is 0 Å². The summed E-state index contributed by atoms with van der Waals surface area (Å²) < 4.78 is 5.19. The molecule has 82 valence electrons. The topological polar surface area (TPSA) is 41.5 Å². The van der Waals surface area contributed by atoms with Gasteiger partial charge in [-0.2, -0.15) is 0 Å². The highest BCUT2D eigenvalue weighted by Gasteiger charge is 2.01. The fourth-order valence-corrected chi connectivity index (χ4v) is 0.868. The Morgan fingerprint density at radius 1 is 1.31 bits per heavy atom. The lowest BCUT2D eigenvalue weighted by atomic mass is 10.3. The first-order valence-corrected chi connectivity index (χ1v) is 4.77. The van der Waals surface area contributed by atoms with Crippen molar-refractivity contribution in [2.45, 2.75) is 40.2 Å². The van der Waals surface area contributed by atoms with Crippen LogP contribution in [-0.4, -0.2) is 37.5 Å². The van der Waals surface area contributed by atoms with Crippen LogP contribution >= 0.6 is 0 Å². The Balaban J connectivity index is 0. The van der Waals surface area contributed by atoms with Crippen molar-refractivity contribution in [3.8, 4) is 0 Å². The van der Waals surface area contributed by atoms with Crippen LogP contribution in [-0.2, 0) is 4.74 Å². The SMILES string of the molecule is C.CCCNCC(O)COCCC. The summed E-state index contributed by atoms with van der Waals surface area (Å²) in [6.45, 7) is 6.95. The fraction of sp³-hybridized carbons (Fsp3) is 1.00. The summed E-state index contributed by atoms with van der Waals surface area (Å²) >= 11 is 0.